The first-order chi connectivity index (χ1) is 10.7. The predicted octanol–water partition coefficient (Wildman–Crippen LogP) is 1.63. The van der Waals surface area contributed by atoms with E-state index in [1.807, 2.05) is 25.1 Å². The fourth-order valence-corrected chi connectivity index (χ4v) is 3.58. The van der Waals surface area contributed by atoms with Gasteiger partial charge in [-0.25, -0.2) is 0 Å². The number of nitrogens with one attached hydrogen (secondary N) is 2. The molecule has 1 aromatic rings. The number of likely N-dealkylation sites (tertiary alicyclic amines) is 1. The first-order valence-electron chi connectivity index (χ1n) is 8.06. The van der Waals surface area contributed by atoms with E-state index in [1.54, 1.807) is 7.11 Å². The van der Waals surface area contributed by atoms with Crippen molar-refractivity contribution in [2.75, 3.05) is 38.6 Å². The number of carbonyl (C=O) groups is 1. The lowest BCUT2D eigenvalue weighted by molar-refractivity contribution is -0.117. The number of ether oxygens (including phenoxy) is 1. The summed E-state index contributed by atoms with van der Waals surface area (Å²) >= 11 is 0. The first-order valence-corrected chi connectivity index (χ1v) is 8.06. The average Bonchev–Trinajstić information content (AvgIpc) is 2.95. The Kier molecular flexibility index (Phi) is 4.64. The van der Waals surface area contributed by atoms with Crippen LogP contribution in [0, 0.1) is 12.8 Å². The van der Waals surface area contributed by atoms with Gasteiger partial charge < -0.3 is 15.4 Å². The SMILES string of the molecule is COc1ccc(C)cc1NC(=O)CN1CCC2NCCC2C1. The monoisotopic (exact) mass is 303 g/mol. The zero-order valence-corrected chi connectivity index (χ0v) is 13.4. The highest BCUT2D eigenvalue weighted by Gasteiger charge is 2.33. The van der Waals surface area contributed by atoms with Crippen LogP contribution in [0.3, 0.4) is 0 Å². The normalized spacial score (nSPS) is 24.8. The molecule has 5 nitrogen and oxygen atoms in total. The van der Waals surface area contributed by atoms with Crippen LogP contribution in [-0.4, -0.2) is 50.1 Å². The van der Waals surface area contributed by atoms with Crippen molar-refractivity contribution >= 4 is 11.6 Å². The topological polar surface area (TPSA) is 53.6 Å². The van der Waals surface area contributed by atoms with E-state index in [4.69, 9.17) is 4.74 Å². The number of hydrogen-bond acceptors (Lipinski definition) is 4. The van der Waals surface area contributed by atoms with E-state index >= 15 is 0 Å². The molecular formula is C17H25N3O2. The highest BCUT2D eigenvalue weighted by atomic mass is 16.5. The molecule has 22 heavy (non-hydrogen) atoms. The number of piperidine rings is 1. The lowest BCUT2D eigenvalue weighted by atomic mass is 9.93. The molecule has 0 aliphatic carbocycles. The van der Waals surface area contributed by atoms with E-state index in [2.05, 4.69) is 15.5 Å². The lowest BCUT2D eigenvalue weighted by Gasteiger charge is -2.34. The molecule has 1 amide bonds. The van der Waals surface area contributed by atoms with Crippen molar-refractivity contribution in [2.24, 2.45) is 5.92 Å². The molecular weight excluding hydrogens is 278 g/mol. The summed E-state index contributed by atoms with van der Waals surface area (Å²) in [5, 5.41) is 6.54. The first kappa shape index (κ1) is 15.3. The standard InChI is InChI=1S/C17H25N3O2/c1-12-3-4-16(22-2)15(9-12)19-17(21)11-20-8-6-14-13(10-20)5-7-18-14/h3-4,9,13-14,18H,5-8,10-11H2,1-2H3,(H,19,21). The fraction of sp³-hybridized carbons (Fsp3) is 0.588. The van der Waals surface area contributed by atoms with Crippen molar-refractivity contribution in [3.63, 3.8) is 0 Å². The van der Waals surface area contributed by atoms with E-state index in [-0.39, 0.29) is 5.91 Å². The Morgan fingerprint density at radius 3 is 3.14 bits per heavy atom. The minimum Gasteiger partial charge on any atom is -0.495 e. The summed E-state index contributed by atoms with van der Waals surface area (Å²) in [4.78, 5) is 14.6. The summed E-state index contributed by atoms with van der Waals surface area (Å²) in [5.41, 5.74) is 1.86. The van der Waals surface area contributed by atoms with Crippen LogP contribution in [0.5, 0.6) is 5.75 Å². The summed E-state index contributed by atoms with van der Waals surface area (Å²) in [6, 6.07) is 6.48. The molecule has 0 saturated carbocycles. The van der Waals surface area contributed by atoms with Gasteiger partial charge >= 0.3 is 0 Å². The molecule has 2 saturated heterocycles. The van der Waals surface area contributed by atoms with E-state index < -0.39 is 0 Å². The van der Waals surface area contributed by atoms with Gasteiger partial charge in [0.05, 0.1) is 19.3 Å². The number of anilines is 1. The average molecular weight is 303 g/mol. The summed E-state index contributed by atoms with van der Waals surface area (Å²) in [6.07, 6.45) is 2.38. The molecule has 2 N–H and O–H groups in total. The lowest BCUT2D eigenvalue weighted by Crippen LogP contribution is -2.46. The van der Waals surface area contributed by atoms with Gasteiger partial charge in [0.1, 0.15) is 5.75 Å². The largest absolute Gasteiger partial charge is 0.495 e. The quantitative estimate of drug-likeness (QED) is 0.887. The molecule has 2 fully saturated rings. The second-order valence-corrected chi connectivity index (χ2v) is 6.39. The molecule has 0 bridgehead atoms. The maximum absolute atomic E-state index is 12.3. The Bertz CT molecular complexity index is 547. The molecule has 2 heterocycles. The van der Waals surface area contributed by atoms with Crippen molar-refractivity contribution in [3.05, 3.63) is 23.8 Å². The van der Waals surface area contributed by atoms with Gasteiger partial charge in [0.15, 0.2) is 0 Å². The molecule has 2 aliphatic rings. The van der Waals surface area contributed by atoms with E-state index in [9.17, 15) is 4.79 Å². The van der Waals surface area contributed by atoms with Crippen LogP contribution in [-0.2, 0) is 4.79 Å². The van der Waals surface area contributed by atoms with E-state index in [0.29, 0.717) is 24.3 Å². The Morgan fingerprint density at radius 2 is 2.32 bits per heavy atom. The zero-order chi connectivity index (χ0) is 15.5. The number of benzene rings is 1. The van der Waals surface area contributed by atoms with Crippen molar-refractivity contribution < 1.29 is 9.53 Å². The third kappa shape index (κ3) is 3.42. The summed E-state index contributed by atoms with van der Waals surface area (Å²) in [6.45, 7) is 5.60. The Morgan fingerprint density at radius 1 is 1.45 bits per heavy atom. The van der Waals surface area contributed by atoms with Gasteiger partial charge in [0.25, 0.3) is 0 Å². The van der Waals surface area contributed by atoms with Crippen LogP contribution in [0.25, 0.3) is 0 Å². The predicted molar refractivity (Wildman–Crippen MR) is 87.3 cm³/mol. The smallest absolute Gasteiger partial charge is 0.238 e. The molecule has 0 aromatic heterocycles. The minimum atomic E-state index is 0.0355. The van der Waals surface area contributed by atoms with E-state index in [0.717, 1.165) is 37.3 Å². The van der Waals surface area contributed by atoms with Gasteiger partial charge in [-0.1, -0.05) is 6.07 Å². The summed E-state index contributed by atoms with van der Waals surface area (Å²) in [7, 11) is 1.62. The van der Waals surface area contributed by atoms with Crippen LogP contribution in [0.1, 0.15) is 18.4 Å². The number of nitrogens with zero attached hydrogens (tertiary/aromatic N) is 1. The maximum atomic E-state index is 12.3. The Labute approximate surface area is 132 Å². The molecule has 0 radical (unpaired) electrons. The highest BCUT2D eigenvalue weighted by molar-refractivity contribution is 5.93. The summed E-state index contributed by atoms with van der Waals surface area (Å²) in [5.74, 6) is 1.45. The molecule has 1 aromatic carbocycles. The second-order valence-electron chi connectivity index (χ2n) is 6.39. The van der Waals surface area contributed by atoms with Gasteiger partial charge in [-0.3, -0.25) is 9.69 Å². The number of amides is 1. The third-order valence-electron chi connectivity index (χ3n) is 4.74. The van der Waals surface area contributed by atoms with Crippen molar-refractivity contribution in [1.29, 1.82) is 0 Å². The zero-order valence-electron chi connectivity index (χ0n) is 13.4. The Balaban J connectivity index is 1.57. The molecule has 2 atom stereocenters. The summed E-state index contributed by atoms with van der Waals surface area (Å²) < 4.78 is 5.31. The molecule has 3 rings (SSSR count). The molecule has 2 aliphatic heterocycles. The number of methoxy groups -OCH3 is 1. The van der Waals surface area contributed by atoms with E-state index in [1.165, 1.54) is 6.42 Å². The third-order valence-corrected chi connectivity index (χ3v) is 4.74. The van der Waals surface area contributed by atoms with Crippen LogP contribution < -0.4 is 15.4 Å². The number of aryl methyl sites for hydroxylation is 1. The Hall–Kier alpha value is -1.59. The molecule has 0 spiro atoms. The van der Waals surface area contributed by atoms with Crippen LogP contribution in [0.15, 0.2) is 18.2 Å². The number of rotatable bonds is 4. The minimum absolute atomic E-state index is 0.0355. The van der Waals surface area contributed by atoms with Gasteiger partial charge in [0, 0.05) is 19.1 Å². The van der Waals surface area contributed by atoms with Gasteiger partial charge in [-0.2, -0.15) is 0 Å². The highest BCUT2D eigenvalue weighted by Crippen LogP contribution is 2.26. The second kappa shape index (κ2) is 6.67. The fourth-order valence-electron chi connectivity index (χ4n) is 3.58. The maximum Gasteiger partial charge on any atom is 0.238 e. The van der Waals surface area contributed by atoms with Crippen LogP contribution in [0.4, 0.5) is 5.69 Å². The van der Waals surface area contributed by atoms with Crippen LogP contribution >= 0.6 is 0 Å². The van der Waals surface area contributed by atoms with Gasteiger partial charge in [0.2, 0.25) is 5.91 Å². The number of carbonyl (C=O) groups excluding carboxylic acids is 1. The molecule has 120 valence electrons. The molecule has 5 heteroatoms. The number of hydrogen-bond donors (Lipinski definition) is 2. The van der Waals surface area contributed by atoms with Gasteiger partial charge in [-0.05, 0) is 49.9 Å². The van der Waals surface area contributed by atoms with Crippen molar-refractivity contribution in [3.8, 4) is 5.75 Å². The molecule has 2 unspecified atom stereocenters. The number of fused-ring (bicyclic) bond motifs is 1. The van der Waals surface area contributed by atoms with Crippen molar-refractivity contribution in [2.45, 2.75) is 25.8 Å². The van der Waals surface area contributed by atoms with Crippen LogP contribution in [0.2, 0.25) is 0 Å². The van der Waals surface area contributed by atoms with Gasteiger partial charge in [-0.15, -0.1) is 0 Å². The van der Waals surface area contributed by atoms with Crippen molar-refractivity contribution in [1.82, 2.24) is 10.2 Å².